The zero-order valence-electron chi connectivity index (χ0n) is 10.9. The Hall–Kier alpha value is -2.28. The van der Waals surface area contributed by atoms with Crippen molar-refractivity contribution in [2.24, 2.45) is 0 Å². The third-order valence-corrected chi connectivity index (χ3v) is 3.60. The molecule has 2 aromatic carbocycles. The van der Waals surface area contributed by atoms with Crippen LogP contribution in [0.4, 0.5) is 14.5 Å². The van der Waals surface area contributed by atoms with E-state index in [1.807, 2.05) is 0 Å². The molecule has 21 heavy (non-hydrogen) atoms. The van der Waals surface area contributed by atoms with Crippen LogP contribution in [0, 0.1) is 11.6 Å². The van der Waals surface area contributed by atoms with E-state index < -0.39 is 39.7 Å². The van der Waals surface area contributed by atoms with Crippen molar-refractivity contribution >= 4 is 22.4 Å². The van der Waals surface area contributed by atoms with Crippen LogP contribution < -0.4 is 5.32 Å². The van der Waals surface area contributed by atoms with Crippen LogP contribution in [0.2, 0.25) is 0 Å². The molecule has 2 aromatic rings. The number of carbonyl (C=O) groups is 1. The molecular weight excluding hydrogens is 300 g/mol. The maximum absolute atomic E-state index is 13.6. The Morgan fingerprint density at radius 3 is 2.57 bits per heavy atom. The lowest BCUT2D eigenvalue weighted by molar-refractivity contribution is 0.102. The monoisotopic (exact) mass is 311 g/mol. The second-order valence-corrected chi connectivity index (χ2v) is 5.60. The second-order valence-electron chi connectivity index (χ2n) is 4.22. The summed E-state index contributed by atoms with van der Waals surface area (Å²) < 4.78 is 37.8. The fourth-order valence-corrected chi connectivity index (χ4v) is 2.29. The average molecular weight is 311 g/mol. The zero-order valence-corrected chi connectivity index (χ0v) is 11.7. The number of halogens is 2. The summed E-state index contributed by atoms with van der Waals surface area (Å²) in [5.41, 5.74) is -0.366. The van der Waals surface area contributed by atoms with Gasteiger partial charge in [-0.2, -0.15) is 0 Å². The van der Waals surface area contributed by atoms with Gasteiger partial charge in [0, 0.05) is 39.8 Å². The van der Waals surface area contributed by atoms with Crippen LogP contribution in [0.25, 0.3) is 0 Å². The first-order chi connectivity index (χ1) is 9.88. The Morgan fingerprint density at radius 2 is 1.95 bits per heavy atom. The molecule has 2 N–H and O–H groups in total. The third kappa shape index (κ3) is 3.43. The third-order valence-electron chi connectivity index (χ3n) is 2.69. The molecular formula is C14H11F2NO3S. The molecule has 7 heteroatoms. The Bertz CT molecular complexity index is 711. The van der Waals surface area contributed by atoms with Gasteiger partial charge in [0.05, 0.1) is 0 Å². The number of benzene rings is 2. The summed E-state index contributed by atoms with van der Waals surface area (Å²) in [4.78, 5) is 12.4. The molecule has 1 atom stereocenters. The molecule has 0 saturated carbocycles. The highest BCUT2D eigenvalue weighted by Gasteiger charge is 2.18. The summed E-state index contributed by atoms with van der Waals surface area (Å²) in [5, 5.41) is 11.8. The molecule has 0 aromatic heterocycles. The normalized spacial score (nSPS) is 12.0. The molecule has 0 aliphatic rings. The average Bonchev–Trinajstić information content (AvgIpc) is 2.37. The number of aromatic hydroxyl groups is 1. The fourth-order valence-electron chi connectivity index (χ4n) is 1.73. The van der Waals surface area contributed by atoms with E-state index in [-0.39, 0.29) is 5.69 Å². The Labute approximate surface area is 121 Å². The number of amides is 1. The van der Waals surface area contributed by atoms with Crippen LogP contribution in [-0.4, -0.2) is 21.5 Å². The van der Waals surface area contributed by atoms with Crippen molar-refractivity contribution in [1.82, 2.24) is 0 Å². The van der Waals surface area contributed by atoms with E-state index in [0.29, 0.717) is 17.0 Å². The van der Waals surface area contributed by atoms with E-state index in [1.54, 1.807) is 12.1 Å². The summed E-state index contributed by atoms with van der Waals surface area (Å²) in [7, 11) is -1.23. The molecule has 0 unspecified atom stereocenters. The van der Waals surface area contributed by atoms with Gasteiger partial charge in [-0.25, -0.2) is 8.78 Å². The van der Waals surface area contributed by atoms with E-state index in [1.165, 1.54) is 18.4 Å². The number of phenols is 1. The van der Waals surface area contributed by atoms with Crippen LogP contribution in [0.3, 0.4) is 0 Å². The van der Waals surface area contributed by atoms with Crippen LogP contribution in [0.15, 0.2) is 41.3 Å². The lowest BCUT2D eigenvalue weighted by Crippen LogP contribution is -2.14. The van der Waals surface area contributed by atoms with E-state index in [4.69, 9.17) is 0 Å². The molecule has 0 bridgehead atoms. The predicted molar refractivity (Wildman–Crippen MR) is 74.8 cm³/mol. The van der Waals surface area contributed by atoms with Gasteiger partial charge in [-0.05, 0) is 18.2 Å². The minimum atomic E-state index is -1.23. The SMILES string of the molecule is C[S@@](=O)c1cccc(NC(=O)c2c(O)cc(F)cc2F)c1. The van der Waals surface area contributed by atoms with E-state index in [2.05, 4.69) is 5.32 Å². The highest BCUT2D eigenvalue weighted by Crippen LogP contribution is 2.23. The number of nitrogens with one attached hydrogen (secondary N) is 1. The summed E-state index contributed by atoms with van der Waals surface area (Å²) in [6.45, 7) is 0. The Balaban J connectivity index is 2.30. The van der Waals surface area contributed by atoms with Gasteiger partial charge < -0.3 is 10.4 Å². The largest absolute Gasteiger partial charge is 0.507 e. The molecule has 1 amide bonds. The van der Waals surface area contributed by atoms with E-state index in [0.717, 1.165) is 0 Å². The topological polar surface area (TPSA) is 66.4 Å². The van der Waals surface area contributed by atoms with Gasteiger partial charge in [0.15, 0.2) is 0 Å². The van der Waals surface area contributed by atoms with Gasteiger partial charge in [0.2, 0.25) is 0 Å². The van der Waals surface area contributed by atoms with Gasteiger partial charge in [0.25, 0.3) is 5.91 Å². The smallest absolute Gasteiger partial charge is 0.262 e. The van der Waals surface area contributed by atoms with E-state index >= 15 is 0 Å². The standard InChI is InChI=1S/C14H11F2NO3S/c1-21(20)10-4-2-3-9(7-10)17-14(19)13-11(16)5-8(15)6-12(13)18/h2-7,18H,1H3,(H,17,19)/t21-/m1/s1. The summed E-state index contributed by atoms with van der Waals surface area (Å²) in [5.74, 6) is -3.87. The Kier molecular flexibility index (Phi) is 4.32. The molecule has 0 aliphatic heterocycles. The Morgan fingerprint density at radius 1 is 1.24 bits per heavy atom. The van der Waals surface area contributed by atoms with Crippen LogP contribution in [0.1, 0.15) is 10.4 Å². The van der Waals surface area contributed by atoms with Crippen LogP contribution in [0.5, 0.6) is 5.75 Å². The quantitative estimate of drug-likeness (QED) is 0.916. The first kappa shape index (κ1) is 15.1. The zero-order chi connectivity index (χ0) is 15.6. The van der Waals surface area contributed by atoms with Crippen LogP contribution in [-0.2, 0) is 10.8 Å². The molecule has 0 radical (unpaired) electrons. The molecule has 0 spiro atoms. The summed E-state index contributed by atoms with van der Waals surface area (Å²) >= 11 is 0. The maximum Gasteiger partial charge on any atom is 0.262 e. The molecule has 0 aliphatic carbocycles. The second kappa shape index (κ2) is 6.01. The van der Waals surface area contributed by atoms with Crippen molar-refractivity contribution in [3.8, 4) is 5.75 Å². The van der Waals surface area contributed by atoms with Gasteiger partial charge in [-0.3, -0.25) is 9.00 Å². The number of hydrogen-bond acceptors (Lipinski definition) is 3. The van der Waals surface area contributed by atoms with Gasteiger partial charge in [0.1, 0.15) is 22.9 Å². The van der Waals surface area contributed by atoms with Gasteiger partial charge in [-0.15, -0.1) is 0 Å². The highest BCUT2D eigenvalue weighted by atomic mass is 32.2. The molecule has 0 fully saturated rings. The number of anilines is 1. The first-order valence-corrected chi connectivity index (χ1v) is 7.37. The predicted octanol–water partition coefficient (Wildman–Crippen LogP) is 2.66. The van der Waals surface area contributed by atoms with Crippen molar-refractivity contribution in [3.63, 3.8) is 0 Å². The molecule has 0 heterocycles. The number of phenolic OH excluding ortho intramolecular Hbond substituents is 1. The molecule has 0 saturated heterocycles. The molecule has 110 valence electrons. The number of rotatable bonds is 3. The summed E-state index contributed by atoms with van der Waals surface area (Å²) in [6, 6.07) is 7.33. The van der Waals surface area contributed by atoms with Crippen molar-refractivity contribution in [2.75, 3.05) is 11.6 Å². The molecule has 4 nitrogen and oxygen atoms in total. The number of hydrogen-bond donors (Lipinski definition) is 2. The molecule has 2 rings (SSSR count). The van der Waals surface area contributed by atoms with Gasteiger partial charge >= 0.3 is 0 Å². The van der Waals surface area contributed by atoms with Crippen LogP contribution >= 0.6 is 0 Å². The van der Waals surface area contributed by atoms with Crippen molar-refractivity contribution in [3.05, 3.63) is 53.6 Å². The van der Waals surface area contributed by atoms with Crippen molar-refractivity contribution in [2.45, 2.75) is 4.90 Å². The fraction of sp³-hybridized carbons (Fsp3) is 0.0714. The lowest BCUT2D eigenvalue weighted by atomic mass is 10.1. The minimum Gasteiger partial charge on any atom is -0.507 e. The van der Waals surface area contributed by atoms with Crippen molar-refractivity contribution < 1.29 is 22.9 Å². The first-order valence-electron chi connectivity index (χ1n) is 5.81. The maximum atomic E-state index is 13.6. The minimum absolute atomic E-state index is 0.288. The van der Waals surface area contributed by atoms with Crippen molar-refractivity contribution in [1.29, 1.82) is 0 Å². The highest BCUT2D eigenvalue weighted by molar-refractivity contribution is 7.84. The summed E-state index contributed by atoms with van der Waals surface area (Å²) in [6.07, 6.45) is 1.48. The number of carbonyl (C=O) groups excluding carboxylic acids is 1. The van der Waals surface area contributed by atoms with Gasteiger partial charge in [-0.1, -0.05) is 6.07 Å². The lowest BCUT2D eigenvalue weighted by Gasteiger charge is -2.09. The van der Waals surface area contributed by atoms with E-state index in [9.17, 15) is 22.9 Å².